The molecule has 31 heavy (non-hydrogen) atoms. The Morgan fingerprint density at radius 1 is 1.16 bits per heavy atom. The second kappa shape index (κ2) is 8.11. The minimum absolute atomic E-state index is 0.215. The standard InChI is InChI=1S/C24H25F2N3OS/c1-2-9-27-24(30)29-14-19-18-6-3-4-8-21(18)31-23(19)28-10-5-7-20(28)22(29)15-11-16(25)13-17(26)12-15/h5,7,10-13,22H,2-4,6,8-9,14H2,1H3,(H,27,30)/t22-/m0/s1. The average Bonchev–Trinajstić information content (AvgIpc) is 3.33. The van der Waals surface area contributed by atoms with Gasteiger partial charge in [0.15, 0.2) is 0 Å². The molecular formula is C24H25F2N3OS. The van der Waals surface area contributed by atoms with Crippen molar-refractivity contribution in [2.45, 2.75) is 51.6 Å². The number of nitrogens with one attached hydrogen (secondary N) is 1. The van der Waals surface area contributed by atoms with Crippen LogP contribution in [0.5, 0.6) is 0 Å². The van der Waals surface area contributed by atoms with Gasteiger partial charge in [0, 0.05) is 29.2 Å². The van der Waals surface area contributed by atoms with Gasteiger partial charge in [-0.2, -0.15) is 0 Å². The predicted molar refractivity (Wildman–Crippen MR) is 118 cm³/mol. The Bertz CT molecular complexity index is 1120. The molecule has 4 nitrogen and oxygen atoms in total. The third kappa shape index (κ3) is 3.55. The number of halogens is 2. The molecule has 162 valence electrons. The number of benzene rings is 1. The number of carbonyl (C=O) groups is 1. The molecule has 1 N–H and O–H groups in total. The molecule has 1 aliphatic carbocycles. The van der Waals surface area contributed by atoms with Gasteiger partial charge in [-0.3, -0.25) is 0 Å². The van der Waals surface area contributed by atoms with Gasteiger partial charge >= 0.3 is 6.03 Å². The summed E-state index contributed by atoms with van der Waals surface area (Å²) in [6, 6.07) is 6.62. The number of hydrogen-bond donors (Lipinski definition) is 1. The van der Waals surface area contributed by atoms with Gasteiger partial charge in [-0.1, -0.05) is 6.92 Å². The van der Waals surface area contributed by atoms with E-state index in [1.54, 1.807) is 16.2 Å². The molecule has 2 aromatic heterocycles. The molecule has 7 heteroatoms. The highest BCUT2D eigenvalue weighted by molar-refractivity contribution is 7.15. The Morgan fingerprint density at radius 2 is 1.94 bits per heavy atom. The molecule has 0 radical (unpaired) electrons. The van der Waals surface area contributed by atoms with Crippen molar-refractivity contribution < 1.29 is 13.6 Å². The summed E-state index contributed by atoms with van der Waals surface area (Å²) in [6.07, 6.45) is 7.23. The molecule has 1 aliphatic heterocycles. The summed E-state index contributed by atoms with van der Waals surface area (Å²) in [5, 5.41) is 4.10. The van der Waals surface area contributed by atoms with Gasteiger partial charge < -0.3 is 14.8 Å². The molecule has 0 saturated heterocycles. The van der Waals surface area contributed by atoms with Crippen LogP contribution in [0.25, 0.3) is 5.00 Å². The molecule has 2 aliphatic rings. The third-order valence-electron chi connectivity index (χ3n) is 6.17. The van der Waals surface area contributed by atoms with E-state index in [4.69, 9.17) is 0 Å². The van der Waals surface area contributed by atoms with Crippen molar-refractivity contribution in [1.29, 1.82) is 0 Å². The van der Waals surface area contributed by atoms with Crippen LogP contribution in [0.2, 0.25) is 0 Å². The quantitative estimate of drug-likeness (QED) is 0.555. The first kappa shape index (κ1) is 20.2. The van der Waals surface area contributed by atoms with Crippen LogP contribution in [0.1, 0.15) is 59.5 Å². The second-order valence-electron chi connectivity index (χ2n) is 8.26. The highest BCUT2D eigenvalue weighted by atomic mass is 32.1. The summed E-state index contributed by atoms with van der Waals surface area (Å²) in [5.74, 6) is -1.28. The van der Waals surface area contributed by atoms with Crippen molar-refractivity contribution in [2.24, 2.45) is 0 Å². The number of nitrogens with zero attached hydrogens (tertiary/aromatic N) is 2. The van der Waals surface area contributed by atoms with Crippen LogP contribution in [-0.2, 0) is 19.4 Å². The van der Waals surface area contributed by atoms with Crippen LogP contribution in [-0.4, -0.2) is 22.0 Å². The smallest absolute Gasteiger partial charge is 0.318 e. The zero-order valence-electron chi connectivity index (χ0n) is 17.5. The molecule has 0 saturated carbocycles. The largest absolute Gasteiger partial charge is 0.338 e. The molecule has 0 fully saturated rings. The first-order chi connectivity index (χ1) is 15.1. The summed E-state index contributed by atoms with van der Waals surface area (Å²) in [6.45, 7) is 2.97. The Morgan fingerprint density at radius 3 is 2.71 bits per heavy atom. The lowest BCUT2D eigenvalue weighted by Gasteiger charge is -2.31. The van der Waals surface area contributed by atoms with Crippen LogP contribution in [0.4, 0.5) is 13.6 Å². The maximum absolute atomic E-state index is 14.2. The van der Waals surface area contributed by atoms with Gasteiger partial charge in [0.1, 0.15) is 22.7 Å². The van der Waals surface area contributed by atoms with Crippen LogP contribution >= 0.6 is 11.3 Å². The Labute approximate surface area is 184 Å². The normalized spacial score (nSPS) is 17.5. The van der Waals surface area contributed by atoms with Crippen molar-refractivity contribution in [3.63, 3.8) is 0 Å². The number of hydrogen-bond acceptors (Lipinski definition) is 2. The van der Waals surface area contributed by atoms with Gasteiger partial charge in [-0.15, -0.1) is 11.3 Å². The number of aryl methyl sites for hydroxylation is 1. The number of fused-ring (bicyclic) bond motifs is 5. The lowest BCUT2D eigenvalue weighted by Crippen LogP contribution is -2.42. The number of urea groups is 1. The first-order valence-corrected chi connectivity index (χ1v) is 11.7. The molecule has 3 heterocycles. The third-order valence-corrected chi connectivity index (χ3v) is 7.50. The Hall–Kier alpha value is -2.67. The molecule has 5 rings (SSSR count). The van der Waals surface area contributed by atoms with Crippen molar-refractivity contribution in [1.82, 2.24) is 14.8 Å². The highest BCUT2D eigenvalue weighted by Gasteiger charge is 2.36. The van der Waals surface area contributed by atoms with Gasteiger partial charge in [0.05, 0.1) is 12.2 Å². The number of rotatable bonds is 3. The van der Waals surface area contributed by atoms with Crippen molar-refractivity contribution in [2.75, 3.05) is 6.54 Å². The number of aromatic nitrogens is 1. The fraction of sp³-hybridized carbons (Fsp3) is 0.375. The average molecular weight is 442 g/mol. The van der Waals surface area contributed by atoms with E-state index in [0.29, 0.717) is 18.7 Å². The molecule has 0 bridgehead atoms. The minimum Gasteiger partial charge on any atom is -0.338 e. The fourth-order valence-corrected chi connectivity index (χ4v) is 6.21. The molecular weight excluding hydrogens is 416 g/mol. The van der Waals surface area contributed by atoms with E-state index in [0.717, 1.165) is 42.4 Å². The lowest BCUT2D eigenvalue weighted by atomic mass is 9.95. The van der Waals surface area contributed by atoms with Crippen LogP contribution in [0, 0.1) is 11.6 Å². The number of thiophene rings is 1. The Balaban J connectivity index is 1.70. The monoisotopic (exact) mass is 441 g/mol. The fourth-order valence-electron chi connectivity index (χ4n) is 4.80. The molecule has 0 unspecified atom stereocenters. The van der Waals surface area contributed by atoms with Gasteiger partial charge in [-0.05, 0) is 67.5 Å². The van der Waals surface area contributed by atoms with E-state index in [-0.39, 0.29) is 6.03 Å². The van der Waals surface area contributed by atoms with Crippen molar-refractivity contribution in [3.8, 4) is 5.00 Å². The highest BCUT2D eigenvalue weighted by Crippen LogP contribution is 2.44. The first-order valence-electron chi connectivity index (χ1n) is 10.9. The Kier molecular flexibility index (Phi) is 5.30. The van der Waals surface area contributed by atoms with Gasteiger partial charge in [0.2, 0.25) is 0 Å². The predicted octanol–water partition coefficient (Wildman–Crippen LogP) is 5.72. The van der Waals surface area contributed by atoms with E-state index < -0.39 is 17.7 Å². The topological polar surface area (TPSA) is 37.3 Å². The summed E-state index contributed by atoms with van der Waals surface area (Å²) < 4.78 is 30.5. The summed E-state index contributed by atoms with van der Waals surface area (Å²) in [7, 11) is 0. The zero-order valence-corrected chi connectivity index (χ0v) is 18.3. The maximum atomic E-state index is 14.2. The second-order valence-corrected chi connectivity index (χ2v) is 9.35. The van der Waals surface area contributed by atoms with Crippen LogP contribution in [0.15, 0.2) is 36.5 Å². The molecule has 2 amide bonds. The SMILES string of the molecule is CCCNC(=O)N1Cc2c(sc3c2CCCC3)-n2cccc2[C@@H]1c1cc(F)cc(F)c1. The van der Waals surface area contributed by atoms with Gasteiger partial charge in [0.25, 0.3) is 0 Å². The van der Waals surface area contributed by atoms with E-state index in [2.05, 4.69) is 9.88 Å². The van der Waals surface area contributed by atoms with E-state index in [9.17, 15) is 13.6 Å². The molecule has 3 aromatic rings. The molecule has 0 spiro atoms. The maximum Gasteiger partial charge on any atom is 0.318 e. The van der Waals surface area contributed by atoms with Gasteiger partial charge in [-0.25, -0.2) is 13.6 Å². The van der Waals surface area contributed by atoms with E-state index in [1.807, 2.05) is 25.3 Å². The number of amides is 2. The van der Waals surface area contributed by atoms with Crippen LogP contribution in [0.3, 0.4) is 0 Å². The summed E-state index contributed by atoms with van der Waals surface area (Å²) in [4.78, 5) is 16.5. The molecule has 1 atom stereocenters. The van der Waals surface area contributed by atoms with Crippen molar-refractivity contribution >= 4 is 17.4 Å². The minimum atomic E-state index is -0.640. The summed E-state index contributed by atoms with van der Waals surface area (Å²) >= 11 is 1.79. The zero-order chi connectivity index (χ0) is 21.5. The molecule has 1 aromatic carbocycles. The van der Waals surface area contributed by atoms with Crippen molar-refractivity contribution in [3.05, 3.63) is 75.4 Å². The van der Waals surface area contributed by atoms with E-state index in [1.165, 1.54) is 34.6 Å². The lowest BCUT2D eigenvalue weighted by molar-refractivity contribution is 0.180. The van der Waals surface area contributed by atoms with Crippen LogP contribution < -0.4 is 5.32 Å². The summed E-state index contributed by atoms with van der Waals surface area (Å²) in [5.41, 5.74) is 3.80. The number of carbonyl (C=O) groups excluding carboxylic acids is 1. The van der Waals surface area contributed by atoms with E-state index >= 15 is 0 Å².